The molecule has 2 aromatic heterocycles. The van der Waals surface area contributed by atoms with E-state index in [1.807, 2.05) is 0 Å². The van der Waals surface area contributed by atoms with Crippen molar-refractivity contribution in [3.63, 3.8) is 0 Å². The normalized spacial score (nSPS) is 10.7. The van der Waals surface area contributed by atoms with Crippen molar-refractivity contribution in [2.45, 2.75) is 6.92 Å². The molecule has 94 valence electrons. The predicted octanol–water partition coefficient (Wildman–Crippen LogP) is 0.500. The van der Waals surface area contributed by atoms with Crippen LogP contribution in [0, 0.1) is 12.7 Å². The smallest absolute Gasteiger partial charge is 0.206 e. The third-order valence-corrected chi connectivity index (χ3v) is 2.57. The van der Waals surface area contributed by atoms with Crippen LogP contribution in [0.5, 0.6) is 0 Å². The lowest BCUT2D eigenvalue weighted by molar-refractivity contribution is 0.0895. The number of Topliss-reactive ketones (excluding diaryl/α,β-unsaturated/α-hetero) is 1. The fraction of sp³-hybridized carbons (Fsp3) is 0.273. The molecule has 0 aliphatic heterocycles. The fourth-order valence-electron chi connectivity index (χ4n) is 1.66. The average molecular weight is 250 g/mol. The summed E-state index contributed by atoms with van der Waals surface area (Å²) in [6, 6.07) is 0. The van der Waals surface area contributed by atoms with E-state index in [0.29, 0.717) is 0 Å². The molecule has 0 saturated heterocycles. The van der Waals surface area contributed by atoms with E-state index in [2.05, 4.69) is 15.1 Å². The van der Waals surface area contributed by atoms with Crippen molar-refractivity contribution in [1.82, 2.24) is 19.7 Å². The highest BCUT2D eigenvalue weighted by Crippen LogP contribution is 2.24. The summed E-state index contributed by atoms with van der Waals surface area (Å²) in [4.78, 5) is 19.2. The number of aliphatic hydroxyl groups excluding tert-OH is 1. The Labute approximate surface area is 102 Å². The molecule has 0 aliphatic rings. The summed E-state index contributed by atoms with van der Waals surface area (Å²) in [6.07, 6.45) is 2.56. The largest absolute Gasteiger partial charge is 0.388 e. The van der Waals surface area contributed by atoms with Crippen molar-refractivity contribution >= 4 is 5.78 Å². The zero-order valence-corrected chi connectivity index (χ0v) is 9.88. The first kappa shape index (κ1) is 12.3. The summed E-state index contributed by atoms with van der Waals surface area (Å²) >= 11 is 0. The van der Waals surface area contributed by atoms with Gasteiger partial charge in [0.2, 0.25) is 5.78 Å². The summed E-state index contributed by atoms with van der Waals surface area (Å²) in [7, 11) is 1.54. The zero-order chi connectivity index (χ0) is 13.3. The Morgan fingerprint density at radius 1 is 1.50 bits per heavy atom. The van der Waals surface area contributed by atoms with Crippen molar-refractivity contribution in [2.24, 2.45) is 7.05 Å². The van der Waals surface area contributed by atoms with Gasteiger partial charge in [-0.05, 0) is 6.92 Å². The highest BCUT2D eigenvalue weighted by atomic mass is 19.1. The first-order valence-electron chi connectivity index (χ1n) is 5.19. The Hall–Kier alpha value is -2.15. The van der Waals surface area contributed by atoms with E-state index >= 15 is 0 Å². The number of aryl methyl sites for hydroxylation is 2. The first-order valence-corrected chi connectivity index (χ1v) is 5.19. The lowest BCUT2D eigenvalue weighted by Crippen LogP contribution is -2.12. The molecule has 7 heteroatoms. The monoisotopic (exact) mass is 250 g/mol. The van der Waals surface area contributed by atoms with Gasteiger partial charge in [0.05, 0.1) is 17.5 Å². The van der Waals surface area contributed by atoms with Gasteiger partial charge in [0.25, 0.3) is 0 Å². The van der Waals surface area contributed by atoms with Crippen molar-refractivity contribution in [3.05, 3.63) is 29.7 Å². The van der Waals surface area contributed by atoms with Gasteiger partial charge >= 0.3 is 0 Å². The molecule has 0 amide bonds. The van der Waals surface area contributed by atoms with Gasteiger partial charge in [-0.1, -0.05) is 0 Å². The number of halogens is 1. The Morgan fingerprint density at radius 3 is 2.89 bits per heavy atom. The van der Waals surface area contributed by atoms with Crippen LogP contribution in [0.1, 0.15) is 16.2 Å². The SMILES string of the molecule is Cc1ncnc(-c2cnn(C)c2C(=O)CO)c1F. The number of hydrogen-bond donors (Lipinski definition) is 1. The molecule has 18 heavy (non-hydrogen) atoms. The second-order valence-electron chi connectivity index (χ2n) is 3.73. The summed E-state index contributed by atoms with van der Waals surface area (Å²) in [5, 5.41) is 12.8. The molecule has 0 bridgehead atoms. The molecule has 2 aromatic rings. The molecule has 0 spiro atoms. The van der Waals surface area contributed by atoms with Crippen LogP contribution in [0.2, 0.25) is 0 Å². The predicted molar refractivity (Wildman–Crippen MR) is 60.3 cm³/mol. The molecule has 0 fully saturated rings. The maximum atomic E-state index is 13.9. The van der Waals surface area contributed by atoms with Crippen molar-refractivity contribution in [3.8, 4) is 11.3 Å². The molecule has 0 radical (unpaired) electrons. The number of carbonyl (C=O) groups excluding carboxylic acids is 1. The third kappa shape index (κ3) is 1.88. The summed E-state index contributed by atoms with van der Waals surface area (Å²) in [5.41, 5.74) is 0.563. The molecular formula is C11H11FN4O2. The number of aromatic nitrogens is 4. The van der Waals surface area contributed by atoms with Crippen molar-refractivity contribution in [2.75, 3.05) is 6.61 Å². The van der Waals surface area contributed by atoms with E-state index in [1.54, 1.807) is 7.05 Å². The number of hydrogen-bond acceptors (Lipinski definition) is 5. The van der Waals surface area contributed by atoms with Crippen LogP contribution in [-0.4, -0.2) is 37.2 Å². The molecule has 0 aliphatic carbocycles. The van der Waals surface area contributed by atoms with Gasteiger partial charge in [-0.15, -0.1) is 0 Å². The molecule has 2 rings (SSSR count). The minimum absolute atomic E-state index is 0.00685. The zero-order valence-electron chi connectivity index (χ0n) is 9.88. The highest BCUT2D eigenvalue weighted by molar-refractivity contribution is 6.01. The lowest BCUT2D eigenvalue weighted by atomic mass is 10.1. The molecule has 0 aromatic carbocycles. The number of aliphatic hydroxyl groups is 1. The molecule has 1 N–H and O–H groups in total. The van der Waals surface area contributed by atoms with E-state index < -0.39 is 18.2 Å². The molecule has 0 atom stereocenters. The van der Waals surface area contributed by atoms with E-state index in [0.717, 1.165) is 0 Å². The first-order chi connectivity index (χ1) is 8.56. The maximum Gasteiger partial charge on any atom is 0.206 e. The molecule has 0 unspecified atom stereocenters. The third-order valence-electron chi connectivity index (χ3n) is 2.57. The summed E-state index contributed by atoms with van der Waals surface area (Å²) < 4.78 is 15.2. The number of ketones is 1. The van der Waals surface area contributed by atoms with Crippen LogP contribution in [0.4, 0.5) is 4.39 Å². The Balaban J connectivity index is 2.65. The standard InChI is InChI=1S/C11H11FN4O2/c1-6-9(12)10(14-5-13-6)7-3-15-16(2)11(7)8(18)4-17/h3,5,17H,4H2,1-2H3. The van der Waals surface area contributed by atoms with Crippen molar-refractivity contribution < 1.29 is 14.3 Å². The van der Waals surface area contributed by atoms with Gasteiger partial charge in [-0.2, -0.15) is 5.10 Å². The Morgan fingerprint density at radius 2 is 2.22 bits per heavy atom. The van der Waals surface area contributed by atoms with Crippen molar-refractivity contribution in [1.29, 1.82) is 0 Å². The number of carbonyl (C=O) groups is 1. The quantitative estimate of drug-likeness (QED) is 0.802. The van der Waals surface area contributed by atoms with Crippen LogP contribution in [0.25, 0.3) is 11.3 Å². The molecule has 2 heterocycles. The van der Waals surface area contributed by atoms with E-state index in [4.69, 9.17) is 5.11 Å². The fourth-order valence-corrected chi connectivity index (χ4v) is 1.66. The van der Waals surface area contributed by atoms with Gasteiger partial charge in [0.1, 0.15) is 24.3 Å². The van der Waals surface area contributed by atoms with E-state index in [9.17, 15) is 9.18 Å². The van der Waals surface area contributed by atoms with Crippen LogP contribution >= 0.6 is 0 Å². The minimum Gasteiger partial charge on any atom is -0.388 e. The van der Waals surface area contributed by atoms with Gasteiger partial charge in [-0.3, -0.25) is 9.48 Å². The van der Waals surface area contributed by atoms with Crippen LogP contribution in [0.3, 0.4) is 0 Å². The minimum atomic E-state index is -0.668. The topological polar surface area (TPSA) is 80.9 Å². The number of nitrogens with zero attached hydrogens (tertiary/aromatic N) is 4. The Bertz CT molecular complexity index is 609. The van der Waals surface area contributed by atoms with Gasteiger partial charge in [0, 0.05) is 7.05 Å². The van der Waals surface area contributed by atoms with Crippen LogP contribution in [-0.2, 0) is 7.05 Å². The number of rotatable bonds is 3. The molecular weight excluding hydrogens is 239 g/mol. The van der Waals surface area contributed by atoms with E-state index in [-0.39, 0.29) is 22.6 Å². The Kier molecular flexibility index (Phi) is 3.15. The van der Waals surface area contributed by atoms with Crippen LogP contribution < -0.4 is 0 Å². The van der Waals surface area contributed by atoms with Gasteiger partial charge in [0.15, 0.2) is 5.82 Å². The van der Waals surface area contributed by atoms with E-state index in [1.165, 1.54) is 24.1 Å². The second kappa shape index (κ2) is 4.61. The lowest BCUT2D eigenvalue weighted by Gasteiger charge is -2.05. The maximum absolute atomic E-state index is 13.9. The van der Waals surface area contributed by atoms with Crippen LogP contribution in [0.15, 0.2) is 12.5 Å². The van der Waals surface area contributed by atoms with Gasteiger partial charge in [-0.25, -0.2) is 14.4 Å². The molecule has 6 nitrogen and oxygen atoms in total. The average Bonchev–Trinajstić information content (AvgIpc) is 2.73. The second-order valence-corrected chi connectivity index (χ2v) is 3.73. The molecule has 0 saturated carbocycles. The summed E-state index contributed by atoms with van der Waals surface area (Å²) in [6.45, 7) is 0.836. The van der Waals surface area contributed by atoms with Gasteiger partial charge < -0.3 is 5.11 Å². The summed E-state index contributed by atoms with van der Waals surface area (Å²) in [5.74, 6) is -1.14. The highest BCUT2D eigenvalue weighted by Gasteiger charge is 2.21.